The van der Waals surface area contributed by atoms with E-state index >= 15 is 0 Å². The Morgan fingerprint density at radius 2 is 1.76 bits per heavy atom. The van der Waals surface area contributed by atoms with Gasteiger partial charge in [-0.05, 0) is 43.1 Å². The van der Waals surface area contributed by atoms with E-state index in [1.807, 2.05) is 24.3 Å². The van der Waals surface area contributed by atoms with E-state index in [1.165, 1.54) is 0 Å². The second kappa shape index (κ2) is 6.72. The molecule has 0 spiro atoms. The number of hydrogen-bond donors (Lipinski definition) is 0. The summed E-state index contributed by atoms with van der Waals surface area (Å²) in [5.74, 6) is 0.878. The van der Waals surface area contributed by atoms with Crippen molar-refractivity contribution in [2.24, 2.45) is 0 Å². The number of benzene rings is 1. The maximum atomic E-state index is 6.20. The van der Waals surface area contributed by atoms with Gasteiger partial charge in [-0.1, -0.05) is 23.7 Å². The molecule has 2 unspecified atom stereocenters. The van der Waals surface area contributed by atoms with Gasteiger partial charge in [-0.25, -0.2) is 4.98 Å². The lowest BCUT2D eigenvalue weighted by molar-refractivity contribution is -0.00537. The SMILES string of the molecule is CC1CN(c2nc(Cl)nc3scc(-c4ccc(Cl)cc4)c23)CC(C)O1. The Kier molecular flexibility index (Phi) is 4.58. The molecule has 7 heteroatoms. The van der Waals surface area contributed by atoms with Crippen molar-refractivity contribution in [3.05, 3.63) is 40.0 Å². The van der Waals surface area contributed by atoms with Gasteiger partial charge in [-0.3, -0.25) is 0 Å². The molecule has 3 aromatic rings. The molecule has 4 nitrogen and oxygen atoms in total. The van der Waals surface area contributed by atoms with Gasteiger partial charge in [0.15, 0.2) is 0 Å². The minimum Gasteiger partial charge on any atom is -0.372 e. The lowest BCUT2D eigenvalue weighted by atomic mass is 10.1. The number of hydrogen-bond acceptors (Lipinski definition) is 5. The summed E-state index contributed by atoms with van der Waals surface area (Å²) >= 11 is 13.8. The Morgan fingerprint density at radius 1 is 1.08 bits per heavy atom. The number of halogens is 2. The largest absolute Gasteiger partial charge is 0.372 e. The number of fused-ring (bicyclic) bond motifs is 1. The number of aromatic nitrogens is 2. The molecule has 2 atom stereocenters. The van der Waals surface area contributed by atoms with Crippen molar-refractivity contribution in [2.45, 2.75) is 26.1 Å². The van der Waals surface area contributed by atoms with Crippen molar-refractivity contribution >= 4 is 50.6 Å². The van der Waals surface area contributed by atoms with Crippen LogP contribution in [0, 0.1) is 0 Å². The summed E-state index contributed by atoms with van der Waals surface area (Å²) in [5.41, 5.74) is 2.20. The highest BCUT2D eigenvalue weighted by Crippen LogP contribution is 2.39. The topological polar surface area (TPSA) is 38.2 Å². The van der Waals surface area contributed by atoms with E-state index in [4.69, 9.17) is 27.9 Å². The van der Waals surface area contributed by atoms with Crippen molar-refractivity contribution in [1.29, 1.82) is 0 Å². The molecule has 4 rings (SSSR count). The number of nitrogens with zero attached hydrogens (tertiary/aromatic N) is 3. The normalized spacial score (nSPS) is 21.0. The molecule has 0 N–H and O–H groups in total. The summed E-state index contributed by atoms with van der Waals surface area (Å²) in [5, 5.41) is 4.14. The molecule has 1 saturated heterocycles. The van der Waals surface area contributed by atoms with Crippen LogP contribution in [0.1, 0.15) is 13.8 Å². The predicted molar refractivity (Wildman–Crippen MR) is 105 cm³/mol. The number of anilines is 1. The molecule has 2 aromatic heterocycles. The molecule has 1 aromatic carbocycles. The Bertz CT molecular complexity index is 903. The van der Waals surface area contributed by atoms with E-state index in [9.17, 15) is 0 Å². The summed E-state index contributed by atoms with van der Waals surface area (Å²) in [6.07, 6.45) is 0.287. The quantitative estimate of drug-likeness (QED) is 0.555. The molecule has 25 heavy (non-hydrogen) atoms. The van der Waals surface area contributed by atoms with Crippen molar-refractivity contribution in [1.82, 2.24) is 9.97 Å². The summed E-state index contributed by atoms with van der Waals surface area (Å²) in [6.45, 7) is 5.72. The van der Waals surface area contributed by atoms with Crippen LogP contribution in [0.4, 0.5) is 5.82 Å². The zero-order chi connectivity index (χ0) is 17.6. The van der Waals surface area contributed by atoms with E-state index in [-0.39, 0.29) is 17.5 Å². The van der Waals surface area contributed by atoms with E-state index < -0.39 is 0 Å². The van der Waals surface area contributed by atoms with E-state index in [1.54, 1.807) is 11.3 Å². The van der Waals surface area contributed by atoms with Gasteiger partial charge < -0.3 is 9.64 Å². The summed E-state index contributed by atoms with van der Waals surface area (Å²) < 4.78 is 5.86. The Labute approximate surface area is 160 Å². The van der Waals surface area contributed by atoms with Crippen LogP contribution in [0.5, 0.6) is 0 Å². The van der Waals surface area contributed by atoms with Gasteiger partial charge in [0.2, 0.25) is 5.28 Å². The summed E-state index contributed by atoms with van der Waals surface area (Å²) in [6, 6.07) is 7.84. The van der Waals surface area contributed by atoms with Crippen molar-refractivity contribution < 1.29 is 4.74 Å². The summed E-state index contributed by atoms with van der Waals surface area (Å²) in [4.78, 5) is 12.1. The van der Waals surface area contributed by atoms with Gasteiger partial charge in [-0.2, -0.15) is 4.98 Å². The molecule has 1 fully saturated rings. The van der Waals surface area contributed by atoms with Crippen LogP contribution < -0.4 is 4.90 Å². The first-order chi connectivity index (χ1) is 12.0. The molecule has 0 bridgehead atoms. The fourth-order valence-electron chi connectivity index (χ4n) is 3.32. The van der Waals surface area contributed by atoms with Crippen LogP contribution in [-0.4, -0.2) is 35.3 Å². The molecular weight excluding hydrogens is 377 g/mol. The molecule has 0 radical (unpaired) electrons. The standard InChI is InChI=1S/C18H17Cl2N3OS/c1-10-7-23(8-11(2)24-10)16-15-14(12-3-5-13(19)6-4-12)9-25-17(15)22-18(20)21-16/h3-6,9-11H,7-8H2,1-2H3. The predicted octanol–water partition coefficient (Wildman–Crippen LogP) is 5.28. The van der Waals surface area contributed by atoms with Crippen LogP contribution in [-0.2, 0) is 4.74 Å². The van der Waals surface area contributed by atoms with Gasteiger partial charge in [0.1, 0.15) is 10.6 Å². The van der Waals surface area contributed by atoms with E-state index in [0.717, 1.165) is 45.3 Å². The molecule has 130 valence electrons. The van der Waals surface area contributed by atoms with Gasteiger partial charge in [0, 0.05) is 29.1 Å². The zero-order valence-corrected chi connectivity index (χ0v) is 16.2. The van der Waals surface area contributed by atoms with Crippen molar-refractivity contribution in [3.8, 4) is 11.1 Å². The third-order valence-corrected chi connectivity index (χ3v) is 5.55. The molecule has 0 amide bonds. The van der Waals surface area contributed by atoms with Gasteiger partial charge in [0.25, 0.3) is 0 Å². The number of thiophene rings is 1. The first-order valence-corrected chi connectivity index (χ1v) is 9.76. The van der Waals surface area contributed by atoms with Crippen LogP contribution in [0.25, 0.3) is 21.3 Å². The van der Waals surface area contributed by atoms with E-state index in [2.05, 4.69) is 34.1 Å². The smallest absolute Gasteiger partial charge is 0.225 e. The van der Waals surface area contributed by atoms with Gasteiger partial charge >= 0.3 is 0 Å². The summed E-state index contributed by atoms with van der Waals surface area (Å²) in [7, 11) is 0. The fraction of sp³-hybridized carbons (Fsp3) is 0.333. The van der Waals surface area contributed by atoms with Crippen LogP contribution in [0.3, 0.4) is 0 Å². The van der Waals surface area contributed by atoms with Crippen LogP contribution in [0.15, 0.2) is 29.6 Å². The zero-order valence-electron chi connectivity index (χ0n) is 13.9. The minimum atomic E-state index is 0.144. The third kappa shape index (κ3) is 3.34. The molecule has 0 aliphatic carbocycles. The molecular formula is C18H17Cl2N3OS. The highest BCUT2D eigenvalue weighted by atomic mass is 35.5. The molecule has 0 saturated carbocycles. The van der Waals surface area contributed by atoms with Gasteiger partial charge in [0.05, 0.1) is 17.6 Å². The molecule has 3 heterocycles. The van der Waals surface area contributed by atoms with Crippen molar-refractivity contribution in [2.75, 3.05) is 18.0 Å². The third-order valence-electron chi connectivity index (χ3n) is 4.26. The average Bonchev–Trinajstić information content (AvgIpc) is 2.97. The monoisotopic (exact) mass is 393 g/mol. The Balaban J connectivity index is 1.88. The van der Waals surface area contributed by atoms with Crippen molar-refractivity contribution in [3.63, 3.8) is 0 Å². The van der Waals surface area contributed by atoms with Crippen LogP contribution >= 0.6 is 34.5 Å². The second-order valence-corrected chi connectivity index (χ2v) is 7.95. The Hall–Kier alpha value is -1.40. The second-order valence-electron chi connectivity index (χ2n) is 6.31. The fourth-order valence-corrected chi connectivity index (χ4v) is 4.60. The number of ether oxygens (including phenoxy) is 1. The minimum absolute atomic E-state index is 0.144. The Morgan fingerprint density at radius 3 is 2.44 bits per heavy atom. The number of rotatable bonds is 2. The van der Waals surface area contributed by atoms with Crippen LogP contribution in [0.2, 0.25) is 10.3 Å². The highest BCUT2D eigenvalue weighted by Gasteiger charge is 2.26. The number of morpholine rings is 1. The maximum Gasteiger partial charge on any atom is 0.225 e. The molecule has 1 aliphatic rings. The molecule has 1 aliphatic heterocycles. The average molecular weight is 394 g/mol. The van der Waals surface area contributed by atoms with Gasteiger partial charge in [-0.15, -0.1) is 11.3 Å². The maximum absolute atomic E-state index is 6.20. The first-order valence-electron chi connectivity index (χ1n) is 8.12. The first kappa shape index (κ1) is 17.0. The lowest BCUT2D eigenvalue weighted by Gasteiger charge is -2.36. The van der Waals surface area contributed by atoms with E-state index in [0.29, 0.717) is 0 Å². The highest BCUT2D eigenvalue weighted by molar-refractivity contribution is 7.17. The lowest BCUT2D eigenvalue weighted by Crippen LogP contribution is -2.46.